The van der Waals surface area contributed by atoms with Crippen LogP contribution in [0, 0.1) is 6.92 Å². The van der Waals surface area contributed by atoms with Crippen LogP contribution < -0.4 is 10.6 Å². The topological polar surface area (TPSA) is 41.1 Å². The van der Waals surface area contributed by atoms with Crippen LogP contribution in [0.3, 0.4) is 0 Å². The van der Waals surface area contributed by atoms with E-state index in [9.17, 15) is 4.79 Å². The predicted molar refractivity (Wildman–Crippen MR) is 68.5 cm³/mol. The number of anilines is 1. The van der Waals surface area contributed by atoms with Gasteiger partial charge in [0.2, 0.25) is 5.91 Å². The van der Waals surface area contributed by atoms with E-state index < -0.39 is 0 Å². The standard InChI is InChI=1S/C12H15BrN2O/c1-8-4-5-10(9(13)7-8)15-12(16)11-3-2-6-14-11/h4-5,7,11,14H,2-3,6H2,1H3,(H,15,16)/t11-/m1/s1. The molecule has 1 aromatic rings. The summed E-state index contributed by atoms with van der Waals surface area (Å²) in [4.78, 5) is 11.9. The maximum atomic E-state index is 11.9. The summed E-state index contributed by atoms with van der Waals surface area (Å²) >= 11 is 3.45. The first-order valence-electron chi connectivity index (χ1n) is 5.47. The molecule has 1 atom stereocenters. The van der Waals surface area contributed by atoms with Crippen molar-refractivity contribution in [3.05, 3.63) is 28.2 Å². The molecule has 1 saturated heterocycles. The van der Waals surface area contributed by atoms with Crippen molar-refractivity contribution in [2.45, 2.75) is 25.8 Å². The Labute approximate surface area is 104 Å². The fourth-order valence-electron chi connectivity index (χ4n) is 1.85. The van der Waals surface area contributed by atoms with E-state index in [0.29, 0.717) is 0 Å². The number of amides is 1. The Morgan fingerprint density at radius 3 is 3.00 bits per heavy atom. The van der Waals surface area contributed by atoms with Crippen LogP contribution in [0.2, 0.25) is 0 Å². The van der Waals surface area contributed by atoms with Crippen LogP contribution in [-0.4, -0.2) is 18.5 Å². The smallest absolute Gasteiger partial charge is 0.241 e. The molecule has 1 fully saturated rings. The van der Waals surface area contributed by atoms with Crippen LogP contribution >= 0.6 is 15.9 Å². The lowest BCUT2D eigenvalue weighted by Gasteiger charge is -2.12. The second-order valence-electron chi connectivity index (χ2n) is 4.12. The third-order valence-corrected chi connectivity index (χ3v) is 3.42. The molecular weight excluding hydrogens is 268 g/mol. The summed E-state index contributed by atoms with van der Waals surface area (Å²) in [6.45, 7) is 2.96. The van der Waals surface area contributed by atoms with Gasteiger partial charge in [-0.25, -0.2) is 0 Å². The molecule has 0 spiro atoms. The van der Waals surface area contributed by atoms with Crippen molar-refractivity contribution in [3.8, 4) is 0 Å². The van der Waals surface area contributed by atoms with E-state index in [0.717, 1.165) is 29.5 Å². The minimum absolute atomic E-state index is 0.0341. The zero-order valence-electron chi connectivity index (χ0n) is 9.22. The van der Waals surface area contributed by atoms with Crippen LogP contribution in [0.4, 0.5) is 5.69 Å². The molecule has 1 amide bonds. The summed E-state index contributed by atoms with van der Waals surface area (Å²) in [5.74, 6) is 0.0575. The van der Waals surface area contributed by atoms with E-state index in [1.165, 1.54) is 5.56 Å². The lowest BCUT2D eigenvalue weighted by Crippen LogP contribution is -2.35. The van der Waals surface area contributed by atoms with Crippen molar-refractivity contribution in [3.63, 3.8) is 0 Å². The van der Waals surface area contributed by atoms with E-state index in [1.54, 1.807) is 0 Å². The van der Waals surface area contributed by atoms with Gasteiger partial charge in [0.1, 0.15) is 0 Å². The van der Waals surface area contributed by atoms with E-state index in [4.69, 9.17) is 0 Å². The number of nitrogens with one attached hydrogen (secondary N) is 2. The summed E-state index contributed by atoms with van der Waals surface area (Å²) in [5, 5.41) is 6.11. The molecule has 2 rings (SSSR count). The van der Waals surface area contributed by atoms with Crippen molar-refractivity contribution < 1.29 is 4.79 Å². The normalized spacial score (nSPS) is 19.8. The van der Waals surface area contributed by atoms with Crippen molar-refractivity contribution in [1.82, 2.24) is 5.32 Å². The van der Waals surface area contributed by atoms with Gasteiger partial charge in [0.25, 0.3) is 0 Å². The van der Waals surface area contributed by atoms with Gasteiger partial charge in [-0.1, -0.05) is 6.07 Å². The zero-order valence-corrected chi connectivity index (χ0v) is 10.8. The highest BCUT2D eigenvalue weighted by molar-refractivity contribution is 9.10. The Balaban J connectivity index is 2.05. The molecule has 0 saturated carbocycles. The summed E-state index contributed by atoms with van der Waals surface area (Å²) in [7, 11) is 0. The van der Waals surface area contributed by atoms with Crippen molar-refractivity contribution in [2.75, 3.05) is 11.9 Å². The maximum Gasteiger partial charge on any atom is 0.241 e. The molecule has 1 heterocycles. The Morgan fingerprint density at radius 2 is 2.38 bits per heavy atom. The predicted octanol–water partition coefficient (Wildman–Crippen LogP) is 2.45. The number of benzene rings is 1. The lowest BCUT2D eigenvalue weighted by atomic mass is 10.2. The van der Waals surface area contributed by atoms with Crippen molar-refractivity contribution in [2.24, 2.45) is 0 Å². The Morgan fingerprint density at radius 1 is 1.56 bits per heavy atom. The number of hydrogen-bond acceptors (Lipinski definition) is 2. The van der Waals surface area contributed by atoms with Crippen LogP contribution in [0.1, 0.15) is 18.4 Å². The van der Waals surface area contributed by atoms with Crippen molar-refractivity contribution >= 4 is 27.5 Å². The molecular formula is C12H15BrN2O. The number of rotatable bonds is 2. The highest BCUT2D eigenvalue weighted by Gasteiger charge is 2.22. The molecule has 1 aliphatic heterocycles. The fourth-order valence-corrected chi connectivity index (χ4v) is 2.44. The highest BCUT2D eigenvalue weighted by atomic mass is 79.9. The van der Waals surface area contributed by atoms with Gasteiger partial charge in [0.15, 0.2) is 0 Å². The third kappa shape index (κ3) is 2.62. The number of carbonyl (C=O) groups excluding carboxylic acids is 1. The third-order valence-electron chi connectivity index (χ3n) is 2.76. The number of aryl methyl sites for hydroxylation is 1. The molecule has 1 aromatic carbocycles. The summed E-state index contributed by atoms with van der Waals surface area (Å²) < 4.78 is 0.929. The molecule has 2 N–H and O–H groups in total. The number of hydrogen-bond donors (Lipinski definition) is 2. The lowest BCUT2D eigenvalue weighted by molar-refractivity contribution is -0.117. The molecule has 0 radical (unpaired) electrons. The second-order valence-corrected chi connectivity index (χ2v) is 4.98. The molecule has 1 aliphatic rings. The highest BCUT2D eigenvalue weighted by Crippen LogP contribution is 2.23. The molecule has 4 heteroatoms. The van der Waals surface area contributed by atoms with E-state index in [1.807, 2.05) is 25.1 Å². The maximum absolute atomic E-state index is 11.9. The van der Waals surface area contributed by atoms with Crippen molar-refractivity contribution in [1.29, 1.82) is 0 Å². The Hall–Kier alpha value is -0.870. The van der Waals surface area contributed by atoms with Gasteiger partial charge in [0, 0.05) is 4.47 Å². The monoisotopic (exact) mass is 282 g/mol. The van der Waals surface area contributed by atoms with E-state index >= 15 is 0 Å². The SMILES string of the molecule is Cc1ccc(NC(=O)[C@H]2CCCN2)c(Br)c1. The van der Waals surface area contributed by atoms with Gasteiger partial charge in [0.05, 0.1) is 11.7 Å². The molecule has 16 heavy (non-hydrogen) atoms. The fraction of sp³-hybridized carbons (Fsp3) is 0.417. The Bertz CT molecular complexity index is 400. The average Bonchev–Trinajstić information content (AvgIpc) is 2.75. The first-order chi connectivity index (χ1) is 7.66. The second kappa shape index (κ2) is 4.97. The first kappa shape index (κ1) is 11.6. The molecule has 0 aromatic heterocycles. The number of halogens is 1. The van der Waals surface area contributed by atoms with Gasteiger partial charge in [-0.05, 0) is 59.9 Å². The van der Waals surface area contributed by atoms with Crippen LogP contribution in [0.25, 0.3) is 0 Å². The van der Waals surface area contributed by atoms with E-state index in [2.05, 4.69) is 26.6 Å². The van der Waals surface area contributed by atoms with Gasteiger partial charge in [-0.2, -0.15) is 0 Å². The summed E-state index contributed by atoms with van der Waals surface area (Å²) in [6, 6.07) is 5.88. The Kier molecular flexibility index (Phi) is 3.61. The van der Waals surface area contributed by atoms with Gasteiger partial charge in [-0.15, -0.1) is 0 Å². The number of carbonyl (C=O) groups is 1. The summed E-state index contributed by atoms with van der Waals surface area (Å²) in [5.41, 5.74) is 2.01. The molecule has 0 unspecified atom stereocenters. The van der Waals surface area contributed by atoms with Crippen LogP contribution in [0.15, 0.2) is 22.7 Å². The zero-order chi connectivity index (χ0) is 11.5. The average molecular weight is 283 g/mol. The minimum atomic E-state index is -0.0341. The largest absolute Gasteiger partial charge is 0.324 e. The minimum Gasteiger partial charge on any atom is -0.324 e. The molecule has 3 nitrogen and oxygen atoms in total. The van der Waals surface area contributed by atoms with Gasteiger partial charge < -0.3 is 10.6 Å². The van der Waals surface area contributed by atoms with Crippen LogP contribution in [0.5, 0.6) is 0 Å². The van der Waals surface area contributed by atoms with Crippen LogP contribution in [-0.2, 0) is 4.79 Å². The molecule has 86 valence electrons. The summed E-state index contributed by atoms with van der Waals surface area (Å²) in [6.07, 6.45) is 2.00. The molecule has 0 aliphatic carbocycles. The van der Waals surface area contributed by atoms with Gasteiger partial charge in [-0.3, -0.25) is 4.79 Å². The molecule has 0 bridgehead atoms. The quantitative estimate of drug-likeness (QED) is 0.875. The van der Waals surface area contributed by atoms with E-state index in [-0.39, 0.29) is 11.9 Å². The van der Waals surface area contributed by atoms with Gasteiger partial charge >= 0.3 is 0 Å². The first-order valence-corrected chi connectivity index (χ1v) is 6.26.